The first kappa shape index (κ1) is 14.6. The van der Waals surface area contributed by atoms with Crippen LogP contribution in [0.3, 0.4) is 0 Å². The lowest BCUT2D eigenvalue weighted by molar-refractivity contribution is 0.0924. The third kappa shape index (κ3) is 3.19. The van der Waals surface area contributed by atoms with E-state index in [0.717, 1.165) is 0 Å². The van der Waals surface area contributed by atoms with E-state index >= 15 is 0 Å². The Morgan fingerprint density at radius 2 is 2.05 bits per heavy atom. The number of carbonyl (C=O) groups excluding carboxylic acids is 1. The molecule has 0 radical (unpaired) electrons. The summed E-state index contributed by atoms with van der Waals surface area (Å²) in [4.78, 5) is 11.3. The molecular formula is C12H11ClN2O4S. The lowest BCUT2D eigenvalue weighted by atomic mass is 10.4. The smallest absolute Gasteiger partial charge is 0.300 e. The number of nitrogens with one attached hydrogen (secondary N) is 1. The highest BCUT2D eigenvalue weighted by molar-refractivity contribution is 7.90. The van der Waals surface area contributed by atoms with E-state index in [-0.39, 0.29) is 22.2 Å². The van der Waals surface area contributed by atoms with Crippen LogP contribution in [0.5, 0.6) is 0 Å². The van der Waals surface area contributed by atoms with Gasteiger partial charge in [0.15, 0.2) is 15.6 Å². The van der Waals surface area contributed by atoms with Crippen molar-refractivity contribution in [3.05, 3.63) is 52.9 Å². The summed E-state index contributed by atoms with van der Waals surface area (Å²) in [7, 11) is -3.60. The van der Waals surface area contributed by atoms with Gasteiger partial charge in [0.05, 0.1) is 4.90 Å². The topological polar surface area (TPSA) is 102 Å². The molecule has 1 heterocycles. The van der Waals surface area contributed by atoms with Gasteiger partial charge in [0.1, 0.15) is 11.5 Å². The zero-order valence-electron chi connectivity index (χ0n) is 10.2. The first-order chi connectivity index (χ1) is 9.42. The van der Waals surface area contributed by atoms with Crippen LogP contribution >= 0.6 is 11.6 Å². The number of benzene rings is 1. The Hall–Kier alpha value is -1.83. The molecule has 0 bridgehead atoms. The molecule has 3 N–H and O–H groups in total. The number of carbonyl (C=O) groups is 1. The quantitative estimate of drug-likeness (QED) is 0.506. The van der Waals surface area contributed by atoms with Crippen molar-refractivity contribution in [2.24, 2.45) is 5.84 Å². The summed E-state index contributed by atoms with van der Waals surface area (Å²) in [5, 5.41) is 0.328. The van der Waals surface area contributed by atoms with Crippen molar-refractivity contribution >= 4 is 27.3 Å². The second-order valence-corrected chi connectivity index (χ2v) is 6.38. The number of rotatable bonds is 4. The van der Waals surface area contributed by atoms with E-state index < -0.39 is 15.7 Å². The van der Waals surface area contributed by atoms with E-state index in [2.05, 4.69) is 0 Å². The van der Waals surface area contributed by atoms with E-state index in [0.29, 0.717) is 5.02 Å². The van der Waals surface area contributed by atoms with Crippen molar-refractivity contribution < 1.29 is 17.6 Å². The number of hydrazine groups is 1. The predicted molar refractivity (Wildman–Crippen MR) is 72.7 cm³/mol. The molecule has 1 aromatic heterocycles. The van der Waals surface area contributed by atoms with Crippen molar-refractivity contribution in [3.63, 3.8) is 0 Å². The molecule has 1 aromatic carbocycles. The molecule has 8 heteroatoms. The van der Waals surface area contributed by atoms with Gasteiger partial charge in [-0.25, -0.2) is 14.3 Å². The number of amides is 1. The van der Waals surface area contributed by atoms with Crippen molar-refractivity contribution in [3.8, 4) is 0 Å². The molecule has 0 atom stereocenters. The Morgan fingerprint density at radius 3 is 2.70 bits per heavy atom. The summed E-state index contributed by atoms with van der Waals surface area (Å²) < 4.78 is 29.4. The van der Waals surface area contributed by atoms with Crippen LogP contribution in [0.4, 0.5) is 0 Å². The van der Waals surface area contributed by atoms with Crippen LogP contribution < -0.4 is 11.3 Å². The fourth-order valence-electron chi connectivity index (χ4n) is 1.58. The Bertz CT molecular complexity index is 739. The standard InChI is InChI=1S/C12H11ClN2O4S/c13-8-2-1-3-10(6-8)20(17,18)7-9-4-5-11(19-9)12(16)15-14/h1-6H,7,14H2,(H,15,16). The van der Waals surface area contributed by atoms with Crippen LogP contribution in [0.2, 0.25) is 5.02 Å². The van der Waals surface area contributed by atoms with Crippen molar-refractivity contribution in [1.29, 1.82) is 0 Å². The van der Waals surface area contributed by atoms with Gasteiger partial charge in [0.2, 0.25) is 0 Å². The minimum Gasteiger partial charge on any atom is -0.455 e. The number of hydrogen-bond acceptors (Lipinski definition) is 5. The summed E-state index contributed by atoms with van der Waals surface area (Å²) in [6.45, 7) is 0. The minimum absolute atomic E-state index is 0.0520. The molecule has 106 valence electrons. The highest BCUT2D eigenvalue weighted by Crippen LogP contribution is 2.21. The van der Waals surface area contributed by atoms with Crippen molar-refractivity contribution in [2.75, 3.05) is 0 Å². The number of furan rings is 1. The summed E-state index contributed by atoms with van der Waals surface area (Å²) in [5.74, 6) is 4.05. The zero-order valence-corrected chi connectivity index (χ0v) is 11.7. The Kier molecular flexibility index (Phi) is 4.12. The predicted octanol–water partition coefficient (Wildman–Crippen LogP) is 1.51. The SMILES string of the molecule is NNC(=O)c1ccc(CS(=O)(=O)c2cccc(Cl)c2)o1. The molecule has 2 rings (SSSR count). The Morgan fingerprint density at radius 1 is 1.30 bits per heavy atom. The highest BCUT2D eigenvalue weighted by atomic mass is 35.5. The van der Waals surface area contributed by atoms with Crippen LogP contribution in [0, 0.1) is 0 Å². The number of sulfone groups is 1. The maximum Gasteiger partial charge on any atom is 0.300 e. The average molecular weight is 315 g/mol. The molecular weight excluding hydrogens is 304 g/mol. The van der Waals surface area contributed by atoms with Gasteiger partial charge in [-0.3, -0.25) is 10.2 Å². The van der Waals surface area contributed by atoms with Crippen LogP contribution in [-0.4, -0.2) is 14.3 Å². The molecule has 0 aliphatic heterocycles. The maximum atomic E-state index is 12.2. The van der Waals surface area contributed by atoms with Gasteiger partial charge in [-0.2, -0.15) is 0 Å². The normalized spacial score (nSPS) is 11.3. The molecule has 2 aromatic rings. The first-order valence-electron chi connectivity index (χ1n) is 5.50. The van der Waals surface area contributed by atoms with Gasteiger partial charge in [-0.15, -0.1) is 0 Å². The van der Waals surface area contributed by atoms with Crippen LogP contribution in [0.1, 0.15) is 16.3 Å². The molecule has 0 saturated carbocycles. The maximum absolute atomic E-state index is 12.2. The molecule has 0 saturated heterocycles. The van der Waals surface area contributed by atoms with E-state index in [9.17, 15) is 13.2 Å². The van der Waals surface area contributed by atoms with Crippen LogP contribution in [-0.2, 0) is 15.6 Å². The van der Waals surface area contributed by atoms with Gasteiger partial charge < -0.3 is 4.42 Å². The molecule has 0 unspecified atom stereocenters. The highest BCUT2D eigenvalue weighted by Gasteiger charge is 2.19. The fraction of sp³-hybridized carbons (Fsp3) is 0.0833. The van der Waals surface area contributed by atoms with Crippen LogP contribution in [0.15, 0.2) is 45.7 Å². The van der Waals surface area contributed by atoms with Gasteiger partial charge in [-0.05, 0) is 30.3 Å². The molecule has 1 amide bonds. The van der Waals surface area contributed by atoms with Crippen LogP contribution in [0.25, 0.3) is 0 Å². The summed E-state index contributed by atoms with van der Waals surface area (Å²) >= 11 is 5.76. The summed E-state index contributed by atoms with van der Waals surface area (Å²) in [6, 6.07) is 8.69. The minimum atomic E-state index is -3.60. The molecule has 0 fully saturated rings. The van der Waals surface area contributed by atoms with E-state index in [4.69, 9.17) is 21.9 Å². The van der Waals surface area contributed by atoms with Crippen molar-refractivity contribution in [2.45, 2.75) is 10.6 Å². The van der Waals surface area contributed by atoms with Gasteiger partial charge in [0, 0.05) is 5.02 Å². The largest absolute Gasteiger partial charge is 0.455 e. The number of halogens is 1. The lowest BCUT2D eigenvalue weighted by Gasteiger charge is -2.03. The first-order valence-corrected chi connectivity index (χ1v) is 7.53. The summed E-state index contributed by atoms with van der Waals surface area (Å²) in [6.07, 6.45) is 0. The summed E-state index contributed by atoms with van der Waals surface area (Å²) in [5.41, 5.74) is 1.90. The third-order valence-corrected chi connectivity index (χ3v) is 4.38. The third-order valence-electron chi connectivity index (χ3n) is 2.50. The monoisotopic (exact) mass is 314 g/mol. The zero-order chi connectivity index (χ0) is 14.8. The lowest BCUT2D eigenvalue weighted by Crippen LogP contribution is -2.29. The second kappa shape index (κ2) is 5.66. The number of hydrogen-bond donors (Lipinski definition) is 2. The fourth-order valence-corrected chi connectivity index (χ4v) is 3.12. The number of nitrogens with two attached hydrogens (primary N) is 1. The number of nitrogen functional groups attached to an aromatic ring is 1. The Labute approximate surface area is 120 Å². The average Bonchev–Trinajstić information content (AvgIpc) is 2.85. The molecule has 0 aliphatic rings. The van der Waals surface area contributed by atoms with Gasteiger partial charge >= 0.3 is 5.91 Å². The second-order valence-electron chi connectivity index (χ2n) is 3.96. The van der Waals surface area contributed by atoms with E-state index in [1.807, 2.05) is 5.43 Å². The Balaban J connectivity index is 2.25. The molecule has 0 spiro atoms. The molecule has 20 heavy (non-hydrogen) atoms. The molecule has 6 nitrogen and oxygen atoms in total. The molecule has 0 aliphatic carbocycles. The van der Waals surface area contributed by atoms with E-state index in [1.54, 1.807) is 12.1 Å². The van der Waals surface area contributed by atoms with Gasteiger partial charge in [-0.1, -0.05) is 17.7 Å². The van der Waals surface area contributed by atoms with E-state index in [1.165, 1.54) is 24.3 Å². The van der Waals surface area contributed by atoms with Gasteiger partial charge in [0.25, 0.3) is 0 Å². The van der Waals surface area contributed by atoms with Crippen molar-refractivity contribution in [1.82, 2.24) is 5.43 Å².